The maximum atomic E-state index is 11.9. The summed E-state index contributed by atoms with van der Waals surface area (Å²) in [6.07, 6.45) is 0.942. The second kappa shape index (κ2) is 6.67. The summed E-state index contributed by atoms with van der Waals surface area (Å²) in [5, 5.41) is 12.3. The van der Waals surface area contributed by atoms with Crippen LogP contribution in [-0.4, -0.2) is 30.7 Å². The van der Waals surface area contributed by atoms with Gasteiger partial charge in [-0.25, -0.2) is 13.1 Å². The van der Waals surface area contributed by atoms with Crippen LogP contribution in [0.1, 0.15) is 37.6 Å². The summed E-state index contributed by atoms with van der Waals surface area (Å²) in [6.45, 7) is 3.53. The van der Waals surface area contributed by atoms with Gasteiger partial charge < -0.3 is 9.63 Å². The summed E-state index contributed by atoms with van der Waals surface area (Å²) in [7, 11) is -3.62. The number of hydrogen-bond acceptors (Lipinski definition) is 5. The van der Waals surface area contributed by atoms with Crippen molar-refractivity contribution in [2.45, 2.75) is 44.9 Å². The molecular formula is C11H18N2O5S. The summed E-state index contributed by atoms with van der Waals surface area (Å²) in [4.78, 5) is 10.7. The first-order chi connectivity index (χ1) is 8.82. The van der Waals surface area contributed by atoms with Crippen LogP contribution in [0.15, 0.2) is 10.6 Å². The molecule has 19 heavy (non-hydrogen) atoms. The highest BCUT2D eigenvalue weighted by atomic mass is 32.2. The number of aliphatic carboxylic acids is 1. The fourth-order valence-corrected chi connectivity index (χ4v) is 3.06. The lowest BCUT2D eigenvalue weighted by Gasteiger charge is -2.15. The minimum atomic E-state index is -3.62. The van der Waals surface area contributed by atoms with Crippen LogP contribution in [0.3, 0.4) is 0 Å². The molecule has 1 heterocycles. The molecule has 108 valence electrons. The van der Waals surface area contributed by atoms with Crippen LogP contribution in [0.2, 0.25) is 0 Å². The molecule has 8 heteroatoms. The van der Waals surface area contributed by atoms with Crippen LogP contribution >= 0.6 is 0 Å². The lowest BCUT2D eigenvalue weighted by Crippen LogP contribution is -2.37. The van der Waals surface area contributed by atoms with Crippen molar-refractivity contribution in [1.82, 2.24) is 9.88 Å². The van der Waals surface area contributed by atoms with Crippen LogP contribution in [0.5, 0.6) is 0 Å². The molecule has 0 amide bonds. The average molecular weight is 290 g/mol. The fourth-order valence-electron chi connectivity index (χ4n) is 1.74. The van der Waals surface area contributed by atoms with E-state index < -0.39 is 22.0 Å². The molecule has 0 saturated heterocycles. The molecule has 1 rings (SSSR count). The molecule has 1 unspecified atom stereocenters. The molecule has 0 bridgehead atoms. The number of carboxylic acids is 1. The lowest BCUT2D eigenvalue weighted by atomic mass is 10.1. The average Bonchev–Trinajstić information content (AvgIpc) is 2.61. The third-order valence-electron chi connectivity index (χ3n) is 2.42. The Labute approximate surface area is 112 Å². The van der Waals surface area contributed by atoms with Gasteiger partial charge in [-0.1, -0.05) is 18.5 Å². The first-order valence-electron chi connectivity index (χ1n) is 5.96. The number of aryl methyl sites for hydroxylation is 1. The van der Waals surface area contributed by atoms with Crippen LogP contribution in [0, 0.1) is 6.92 Å². The Morgan fingerprint density at radius 3 is 2.74 bits per heavy atom. The summed E-state index contributed by atoms with van der Waals surface area (Å²) in [5.41, 5.74) is 0.301. The van der Waals surface area contributed by atoms with E-state index in [9.17, 15) is 13.2 Å². The van der Waals surface area contributed by atoms with Gasteiger partial charge in [0, 0.05) is 12.1 Å². The predicted octanol–water partition coefficient (Wildman–Crippen LogP) is 1.05. The molecule has 0 aliphatic carbocycles. The zero-order chi connectivity index (χ0) is 14.5. The van der Waals surface area contributed by atoms with Gasteiger partial charge in [0.2, 0.25) is 10.0 Å². The highest BCUT2D eigenvalue weighted by Gasteiger charge is 2.21. The topological polar surface area (TPSA) is 110 Å². The second-order valence-electron chi connectivity index (χ2n) is 4.39. The molecule has 0 aromatic carbocycles. The molecule has 0 aliphatic rings. The van der Waals surface area contributed by atoms with Gasteiger partial charge in [0.15, 0.2) is 0 Å². The Bertz CT molecular complexity index is 523. The highest BCUT2D eigenvalue weighted by molar-refractivity contribution is 7.88. The molecule has 1 aromatic heterocycles. The van der Waals surface area contributed by atoms with E-state index in [1.54, 1.807) is 6.92 Å². The van der Waals surface area contributed by atoms with Crippen molar-refractivity contribution >= 4 is 16.0 Å². The fraction of sp³-hybridized carbons (Fsp3) is 0.636. The second-order valence-corrected chi connectivity index (χ2v) is 6.14. The Morgan fingerprint density at radius 1 is 1.58 bits per heavy atom. The van der Waals surface area contributed by atoms with E-state index in [4.69, 9.17) is 9.63 Å². The van der Waals surface area contributed by atoms with E-state index in [0.717, 1.165) is 0 Å². The van der Waals surface area contributed by atoms with Gasteiger partial charge in [0.05, 0.1) is 6.42 Å². The van der Waals surface area contributed by atoms with Gasteiger partial charge in [0.1, 0.15) is 17.2 Å². The smallest absolute Gasteiger partial charge is 0.304 e. The SMILES string of the molecule is CCCC(CC(=O)O)NS(=O)(=O)Cc1cc(C)on1. The zero-order valence-electron chi connectivity index (χ0n) is 10.9. The van der Waals surface area contributed by atoms with Crippen molar-refractivity contribution in [3.05, 3.63) is 17.5 Å². The maximum absolute atomic E-state index is 11.9. The standard InChI is InChI=1S/C11H18N2O5S/c1-3-4-9(6-11(14)15)13-19(16,17)7-10-5-8(2)18-12-10/h5,9,13H,3-4,6-7H2,1-2H3,(H,14,15). The highest BCUT2D eigenvalue weighted by Crippen LogP contribution is 2.09. The number of nitrogens with zero attached hydrogens (tertiary/aromatic N) is 1. The molecule has 1 aromatic rings. The van der Waals surface area contributed by atoms with Gasteiger partial charge in [-0.15, -0.1) is 0 Å². The van der Waals surface area contributed by atoms with E-state index in [1.165, 1.54) is 6.07 Å². The van der Waals surface area contributed by atoms with E-state index in [2.05, 4.69) is 9.88 Å². The Morgan fingerprint density at radius 2 is 2.26 bits per heavy atom. The third-order valence-corrected chi connectivity index (χ3v) is 3.79. The maximum Gasteiger partial charge on any atom is 0.304 e. The molecule has 1 atom stereocenters. The summed E-state index contributed by atoms with van der Waals surface area (Å²) >= 11 is 0. The van der Waals surface area contributed by atoms with Crippen molar-refractivity contribution in [1.29, 1.82) is 0 Å². The Hall–Kier alpha value is -1.41. The molecule has 0 saturated carbocycles. The quantitative estimate of drug-likeness (QED) is 0.740. The number of rotatable bonds is 8. The molecule has 2 N–H and O–H groups in total. The van der Waals surface area contributed by atoms with Crippen LogP contribution in [-0.2, 0) is 20.6 Å². The summed E-state index contributed by atoms with van der Waals surface area (Å²) in [6, 6.07) is 0.936. The molecule has 0 aliphatic heterocycles. The van der Waals surface area contributed by atoms with Crippen molar-refractivity contribution in [3.8, 4) is 0 Å². The first kappa shape index (κ1) is 15.6. The van der Waals surface area contributed by atoms with Crippen LogP contribution in [0.25, 0.3) is 0 Å². The van der Waals surface area contributed by atoms with Gasteiger partial charge in [-0.3, -0.25) is 4.79 Å². The third kappa shape index (κ3) is 5.84. The van der Waals surface area contributed by atoms with Gasteiger partial charge in [-0.2, -0.15) is 0 Å². The lowest BCUT2D eigenvalue weighted by molar-refractivity contribution is -0.137. The number of nitrogens with one attached hydrogen (secondary N) is 1. The van der Waals surface area contributed by atoms with Gasteiger partial charge >= 0.3 is 5.97 Å². The number of aromatic nitrogens is 1. The first-order valence-corrected chi connectivity index (χ1v) is 7.61. The summed E-state index contributed by atoms with van der Waals surface area (Å²) in [5.74, 6) is -0.816. The van der Waals surface area contributed by atoms with Gasteiger partial charge in [-0.05, 0) is 13.3 Å². The van der Waals surface area contributed by atoms with Crippen molar-refractivity contribution in [2.75, 3.05) is 0 Å². The van der Waals surface area contributed by atoms with E-state index in [0.29, 0.717) is 24.3 Å². The largest absolute Gasteiger partial charge is 0.481 e. The molecule has 7 nitrogen and oxygen atoms in total. The Kier molecular flexibility index (Phi) is 5.49. The molecular weight excluding hydrogens is 272 g/mol. The van der Waals surface area contributed by atoms with E-state index >= 15 is 0 Å². The molecule has 0 fully saturated rings. The predicted molar refractivity (Wildman–Crippen MR) is 67.9 cm³/mol. The van der Waals surface area contributed by atoms with Crippen LogP contribution in [0.4, 0.5) is 0 Å². The van der Waals surface area contributed by atoms with Crippen LogP contribution < -0.4 is 4.72 Å². The summed E-state index contributed by atoms with van der Waals surface area (Å²) < 4.78 is 31.0. The van der Waals surface area contributed by atoms with Crippen molar-refractivity contribution in [2.24, 2.45) is 0 Å². The monoisotopic (exact) mass is 290 g/mol. The van der Waals surface area contributed by atoms with Gasteiger partial charge in [0.25, 0.3) is 0 Å². The minimum absolute atomic E-state index is 0.231. The van der Waals surface area contributed by atoms with E-state index in [1.807, 2.05) is 6.92 Å². The Balaban J connectivity index is 2.67. The minimum Gasteiger partial charge on any atom is -0.481 e. The molecule has 0 radical (unpaired) electrons. The van der Waals surface area contributed by atoms with E-state index in [-0.39, 0.29) is 12.2 Å². The number of carbonyl (C=O) groups is 1. The number of hydrogen-bond donors (Lipinski definition) is 2. The number of carboxylic acid groups (broad SMARTS) is 1. The van der Waals surface area contributed by atoms with Crippen molar-refractivity contribution in [3.63, 3.8) is 0 Å². The van der Waals surface area contributed by atoms with Crippen molar-refractivity contribution < 1.29 is 22.8 Å². The normalized spacial score (nSPS) is 13.4. The number of sulfonamides is 1. The molecule has 0 spiro atoms. The zero-order valence-corrected chi connectivity index (χ0v) is 11.7.